The summed E-state index contributed by atoms with van der Waals surface area (Å²) < 4.78 is 0. The summed E-state index contributed by atoms with van der Waals surface area (Å²) in [5.41, 5.74) is 6.68. The van der Waals surface area contributed by atoms with Gasteiger partial charge in [-0.05, 0) is 18.4 Å². The molecule has 0 bridgehead atoms. The lowest BCUT2D eigenvalue weighted by molar-refractivity contribution is -0.132. The normalized spacial score (nSPS) is 19.7. The Kier molecular flexibility index (Phi) is 4.59. The molecule has 1 aromatic rings. The smallest absolute Gasteiger partial charge is 0.226 e. The van der Waals surface area contributed by atoms with Crippen LogP contribution in [0, 0.1) is 5.41 Å². The molecular weight excluding hydrogens is 236 g/mol. The highest BCUT2D eigenvalue weighted by Crippen LogP contribution is 2.36. The van der Waals surface area contributed by atoms with Crippen molar-refractivity contribution in [2.45, 2.75) is 45.1 Å². The molecule has 1 aromatic carbocycles. The number of amides is 1. The lowest BCUT2D eigenvalue weighted by atomic mass is 9.75. The summed E-state index contributed by atoms with van der Waals surface area (Å²) in [6, 6.07) is 9.88. The van der Waals surface area contributed by atoms with Crippen molar-refractivity contribution in [3.8, 4) is 0 Å². The predicted molar refractivity (Wildman–Crippen MR) is 77.6 cm³/mol. The van der Waals surface area contributed by atoms with Crippen molar-refractivity contribution in [3.05, 3.63) is 35.9 Å². The first-order chi connectivity index (χ1) is 9.15. The van der Waals surface area contributed by atoms with E-state index in [1.807, 2.05) is 30.3 Å². The van der Waals surface area contributed by atoms with E-state index in [0.717, 1.165) is 31.2 Å². The second kappa shape index (κ2) is 6.20. The molecule has 19 heavy (non-hydrogen) atoms. The number of rotatable bonds is 4. The highest BCUT2D eigenvalue weighted by Gasteiger charge is 2.35. The van der Waals surface area contributed by atoms with E-state index in [2.05, 4.69) is 12.2 Å². The molecule has 0 saturated heterocycles. The molecule has 1 fully saturated rings. The summed E-state index contributed by atoms with van der Waals surface area (Å²) in [5.74, 6) is 0.159. The van der Waals surface area contributed by atoms with Crippen molar-refractivity contribution in [1.29, 1.82) is 0 Å². The highest BCUT2D eigenvalue weighted by atomic mass is 16.2. The summed E-state index contributed by atoms with van der Waals surface area (Å²) in [4.78, 5) is 12.5. The molecule has 104 valence electrons. The maximum absolute atomic E-state index is 12.5. The van der Waals surface area contributed by atoms with E-state index in [9.17, 15) is 4.79 Å². The molecule has 0 aliphatic heterocycles. The van der Waals surface area contributed by atoms with Gasteiger partial charge in [0.2, 0.25) is 5.91 Å². The molecule has 2 rings (SSSR count). The lowest BCUT2D eigenvalue weighted by Crippen LogP contribution is -2.43. The zero-order valence-electron chi connectivity index (χ0n) is 11.7. The topological polar surface area (TPSA) is 55.1 Å². The van der Waals surface area contributed by atoms with E-state index in [4.69, 9.17) is 5.73 Å². The summed E-state index contributed by atoms with van der Waals surface area (Å²) in [6.07, 6.45) is 5.54. The molecule has 1 amide bonds. The van der Waals surface area contributed by atoms with Crippen molar-refractivity contribution < 1.29 is 4.79 Å². The summed E-state index contributed by atoms with van der Waals surface area (Å²) in [7, 11) is 0. The monoisotopic (exact) mass is 260 g/mol. The van der Waals surface area contributed by atoms with Crippen LogP contribution in [0.15, 0.2) is 30.3 Å². The first-order valence-corrected chi connectivity index (χ1v) is 7.22. The van der Waals surface area contributed by atoms with Crippen LogP contribution >= 0.6 is 0 Å². The van der Waals surface area contributed by atoms with Gasteiger partial charge in [-0.25, -0.2) is 0 Å². The number of carbonyl (C=O) groups is 1. The maximum atomic E-state index is 12.5. The Labute approximate surface area is 115 Å². The minimum atomic E-state index is -0.208. The van der Waals surface area contributed by atoms with E-state index in [-0.39, 0.29) is 17.4 Å². The van der Waals surface area contributed by atoms with Crippen molar-refractivity contribution >= 4 is 5.91 Å². The van der Waals surface area contributed by atoms with E-state index >= 15 is 0 Å². The molecule has 1 saturated carbocycles. The first-order valence-electron chi connectivity index (χ1n) is 7.22. The third-order valence-electron chi connectivity index (χ3n) is 4.25. The van der Waals surface area contributed by atoms with Crippen LogP contribution in [0.4, 0.5) is 0 Å². The summed E-state index contributed by atoms with van der Waals surface area (Å²) in [6.45, 7) is 2.52. The molecule has 1 aliphatic rings. The minimum absolute atomic E-state index is 0.0764. The van der Waals surface area contributed by atoms with Crippen LogP contribution in [-0.4, -0.2) is 12.5 Å². The second-order valence-electron chi connectivity index (χ2n) is 5.79. The van der Waals surface area contributed by atoms with Gasteiger partial charge in [0.1, 0.15) is 0 Å². The molecule has 1 unspecified atom stereocenters. The zero-order valence-corrected chi connectivity index (χ0v) is 11.7. The fraction of sp³-hybridized carbons (Fsp3) is 0.562. The molecule has 3 heteroatoms. The van der Waals surface area contributed by atoms with Crippen LogP contribution < -0.4 is 11.1 Å². The number of hydrogen-bond acceptors (Lipinski definition) is 2. The van der Waals surface area contributed by atoms with Gasteiger partial charge in [0.25, 0.3) is 0 Å². The molecule has 3 nitrogen and oxygen atoms in total. The number of hydrogen-bond donors (Lipinski definition) is 2. The zero-order chi connectivity index (χ0) is 13.7. The van der Waals surface area contributed by atoms with Gasteiger partial charge >= 0.3 is 0 Å². The fourth-order valence-electron chi connectivity index (χ4n) is 2.86. The molecule has 0 spiro atoms. The average Bonchev–Trinajstić information content (AvgIpc) is 2.46. The largest absolute Gasteiger partial charge is 0.348 e. The molecule has 1 aliphatic carbocycles. The number of carbonyl (C=O) groups excluding carboxylic acids is 1. The minimum Gasteiger partial charge on any atom is -0.348 e. The summed E-state index contributed by atoms with van der Waals surface area (Å²) >= 11 is 0. The lowest BCUT2D eigenvalue weighted by Gasteiger charge is -2.33. The molecule has 0 heterocycles. The van der Waals surface area contributed by atoms with Gasteiger partial charge in [-0.15, -0.1) is 0 Å². The standard InChI is InChI=1S/C16H24N2O/c1-16(10-6-3-7-11-16)15(19)18-14(12-17)13-8-4-2-5-9-13/h2,4-5,8-9,14H,3,6-7,10-12,17H2,1H3,(H,18,19). The van der Waals surface area contributed by atoms with E-state index in [0.29, 0.717) is 6.54 Å². The fourth-order valence-corrected chi connectivity index (χ4v) is 2.86. The highest BCUT2D eigenvalue weighted by molar-refractivity contribution is 5.82. The van der Waals surface area contributed by atoms with Crippen molar-refractivity contribution in [2.75, 3.05) is 6.54 Å². The SMILES string of the molecule is CC1(C(=O)NC(CN)c2ccccc2)CCCCC1. The van der Waals surface area contributed by atoms with E-state index < -0.39 is 0 Å². The van der Waals surface area contributed by atoms with Gasteiger partial charge in [0, 0.05) is 12.0 Å². The number of nitrogens with two attached hydrogens (primary N) is 1. The van der Waals surface area contributed by atoms with Crippen molar-refractivity contribution in [2.24, 2.45) is 11.1 Å². The van der Waals surface area contributed by atoms with Crippen LogP contribution in [-0.2, 0) is 4.79 Å². The average molecular weight is 260 g/mol. The van der Waals surface area contributed by atoms with Gasteiger partial charge in [-0.2, -0.15) is 0 Å². The van der Waals surface area contributed by atoms with Gasteiger partial charge in [-0.1, -0.05) is 56.5 Å². The van der Waals surface area contributed by atoms with Crippen molar-refractivity contribution in [3.63, 3.8) is 0 Å². The van der Waals surface area contributed by atoms with Crippen LogP contribution in [0.1, 0.15) is 50.6 Å². The van der Waals surface area contributed by atoms with Gasteiger partial charge in [-0.3, -0.25) is 4.79 Å². The van der Waals surface area contributed by atoms with Gasteiger partial charge in [0.05, 0.1) is 6.04 Å². The predicted octanol–water partition coefficient (Wildman–Crippen LogP) is 2.77. The van der Waals surface area contributed by atoms with Crippen LogP contribution in [0.2, 0.25) is 0 Å². The Hall–Kier alpha value is -1.35. The Morgan fingerprint density at radius 1 is 1.26 bits per heavy atom. The van der Waals surface area contributed by atoms with Crippen LogP contribution in [0.3, 0.4) is 0 Å². The quantitative estimate of drug-likeness (QED) is 0.874. The van der Waals surface area contributed by atoms with E-state index in [1.165, 1.54) is 6.42 Å². The third kappa shape index (κ3) is 3.35. The number of benzene rings is 1. The molecule has 0 radical (unpaired) electrons. The Morgan fingerprint density at radius 3 is 2.47 bits per heavy atom. The van der Waals surface area contributed by atoms with Gasteiger partial charge < -0.3 is 11.1 Å². The summed E-state index contributed by atoms with van der Waals surface area (Å²) in [5, 5.41) is 3.13. The molecule has 3 N–H and O–H groups in total. The molecule has 0 aromatic heterocycles. The second-order valence-corrected chi connectivity index (χ2v) is 5.79. The van der Waals surface area contributed by atoms with Gasteiger partial charge in [0.15, 0.2) is 0 Å². The first kappa shape index (κ1) is 14.1. The van der Waals surface area contributed by atoms with Crippen LogP contribution in [0.25, 0.3) is 0 Å². The van der Waals surface area contributed by atoms with Crippen molar-refractivity contribution in [1.82, 2.24) is 5.32 Å². The van der Waals surface area contributed by atoms with E-state index in [1.54, 1.807) is 0 Å². The number of nitrogens with one attached hydrogen (secondary N) is 1. The Bertz CT molecular complexity index is 410. The molecular formula is C16H24N2O. The third-order valence-corrected chi connectivity index (χ3v) is 4.25. The maximum Gasteiger partial charge on any atom is 0.226 e. The Morgan fingerprint density at radius 2 is 1.89 bits per heavy atom. The molecule has 1 atom stereocenters. The Balaban J connectivity index is 2.04. The van der Waals surface area contributed by atoms with Crippen LogP contribution in [0.5, 0.6) is 0 Å².